The summed E-state index contributed by atoms with van der Waals surface area (Å²) in [7, 11) is 0. The summed E-state index contributed by atoms with van der Waals surface area (Å²) in [5.41, 5.74) is -0.0372. The van der Waals surface area contributed by atoms with Crippen LogP contribution in [0.15, 0.2) is 24.3 Å². The second-order valence-corrected chi connectivity index (χ2v) is 2.19. The maximum atomic E-state index is 10.4. The van der Waals surface area contributed by atoms with Crippen molar-refractivity contribution in [3.63, 3.8) is 0 Å². The first-order valence-electron chi connectivity index (χ1n) is 3.18. The molecule has 0 spiro atoms. The predicted molar refractivity (Wildman–Crippen MR) is 54.7 cm³/mol. The third-order valence-electron chi connectivity index (χ3n) is 1.36. The fourth-order valence-electron chi connectivity index (χ4n) is 0.785. The van der Waals surface area contributed by atoms with Crippen LogP contribution in [0.5, 0.6) is 0 Å². The van der Waals surface area contributed by atoms with Crippen LogP contribution in [0.25, 0.3) is 0 Å². The van der Waals surface area contributed by atoms with Crippen LogP contribution < -0.4 is 0 Å². The Labute approximate surface area is 105 Å². The number of carboxylic acid groups (broad SMARTS) is 2. The molecule has 1 aromatic carbocycles. The summed E-state index contributed by atoms with van der Waals surface area (Å²) < 4.78 is 0. The summed E-state index contributed by atoms with van der Waals surface area (Å²) in [6, 6.07) is 5.20. The van der Waals surface area contributed by atoms with E-state index in [0.29, 0.717) is 0 Å². The normalized spacial score (nSPS) is 8.00. The van der Waals surface area contributed by atoms with Crippen molar-refractivity contribution >= 4 is 49.7 Å². The Morgan fingerprint density at radius 3 is 1.57 bits per heavy atom. The molecular weight excluding hydrogens is 174 g/mol. The molecule has 0 aromatic heterocycles. The first-order valence-corrected chi connectivity index (χ1v) is 3.18. The Balaban J connectivity index is 0. The van der Waals surface area contributed by atoms with Crippen molar-refractivity contribution < 1.29 is 19.8 Å². The molecule has 0 atom stereocenters. The Kier molecular flexibility index (Phi) is 7.63. The molecule has 1 aromatic rings. The number of hydrogen-bond acceptors (Lipinski definition) is 2. The average Bonchev–Trinajstić information content (AvgIpc) is 2.04. The van der Waals surface area contributed by atoms with E-state index in [9.17, 15) is 9.59 Å². The first kappa shape index (κ1) is 15.8. The molecule has 0 saturated carbocycles. The number of hydrogen-bond donors (Lipinski definition) is 2. The SMILES string of the molecule is O=C(O)c1cccc(C(=O)O)c1.[LiH].[LiH]. The van der Waals surface area contributed by atoms with Gasteiger partial charge >= 0.3 is 49.7 Å². The van der Waals surface area contributed by atoms with Gasteiger partial charge in [-0.05, 0) is 18.2 Å². The molecule has 0 fully saturated rings. The van der Waals surface area contributed by atoms with Crippen molar-refractivity contribution in [2.75, 3.05) is 0 Å². The Hall–Kier alpha value is -0.645. The van der Waals surface area contributed by atoms with Crippen molar-refractivity contribution in [2.45, 2.75) is 0 Å². The Morgan fingerprint density at radius 2 is 1.29 bits per heavy atom. The minimum absolute atomic E-state index is 0. The second kappa shape index (κ2) is 6.76. The summed E-state index contributed by atoms with van der Waals surface area (Å²) in [5.74, 6) is -2.25. The van der Waals surface area contributed by atoms with Gasteiger partial charge in [-0.1, -0.05) is 6.07 Å². The molecule has 6 heteroatoms. The van der Waals surface area contributed by atoms with Crippen LogP contribution in [-0.4, -0.2) is 59.9 Å². The van der Waals surface area contributed by atoms with Gasteiger partial charge in [-0.3, -0.25) is 0 Å². The van der Waals surface area contributed by atoms with E-state index in [2.05, 4.69) is 0 Å². The fourth-order valence-corrected chi connectivity index (χ4v) is 0.785. The summed E-state index contributed by atoms with van der Waals surface area (Å²) in [6.07, 6.45) is 0. The van der Waals surface area contributed by atoms with E-state index in [1.54, 1.807) is 0 Å². The summed E-state index contributed by atoms with van der Waals surface area (Å²) in [6.45, 7) is 0. The minimum atomic E-state index is -1.13. The molecule has 0 aliphatic carbocycles. The molecular formula is C8H8Li2O4. The third-order valence-corrected chi connectivity index (χ3v) is 1.36. The zero-order chi connectivity index (χ0) is 9.14. The molecule has 0 saturated heterocycles. The Morgan fingerprint density at radius 1 is 0.929 bits per heavy atom. The molecule has 0 unspecified atom stereocenters. The predicted octanol–water partition coefficient (Wildman–Crippen LogP) is -0.214. The molecule has 4 nitrogen and oxygen atoms in total. The molecule has 0 bridgehead atoms. The van der Waals surface area contributed by atoms with Crippen molar-refractivity contribution in [1.29, 1.82) is 0 Å². The topological polar surface area (TPSA) is 74.6 Å². The van der Waals surface area contributed by atoms with Gasteiger partial charge in [0.05, 0.1) is 11.1 Å². The number of benzene rings is 1. The molecule has 14 heavy (non-hydrogen) atoms. The van der Waals surface area contributed by atoms with E-state index >= 15 is 0 Å². The third kappa shape index (κ3) is 4.04. The molecule has 1 rings (SSSR count). The van der Waals surface area contributed by atoms with Crippen LogP contribution >= 0.6 is 0 Å². The van der Waals surface area contributed by atoms with Crippen LogP contribution in [0.4, 0.5) is 0 Å². The quantitative estimate of drug-likeness (QED) is 0.620. The van der Waals surface area contributed by atoms with Gasteiger partial charge in [-0.15, -0.1) is 0 Å². The second-order valence-electron chi connectivity index (χ2n) is 2.19. The summed E-state index contributed by atoms with van der Waals surface area (Å²) in [5, 5.41) is 17.0. The molecule has 0 aliphatic rings. The Bertz CT molecular complexity index is 309. The molecule has 0 aliphatic heterocycles. The van der Waals surface area contributed by atoms with E-state index in [4.69, 9.17) is 10.2 Å². The number of aromatic carboxylic acids is 2. The van der Waals surface area contributed by atoms with Crippen LogP contribution in [0.3, 0.4) is 0 Å². The molecule has 2 N–H and O–H groups in total. The van der Waals surface area contributed by atoms with Crippen LogP contribution in [-0.2, 0) is 0 Å². The molecule has 0 heterocycles. The van der Waals surface area contributed by atoms with E-state index in [0.717, 1.165) is 6.07 Å². The zero-order valence-corrected chi connectivity index (χ0v) is 6.02. The fraction of sp³-hybridized carbons (Fsp3) is 0. The zero-order valence-electron chi connectivity index (χ0n) is 6.02. The maximum absolute atomic E-state index is 10.4. The van der Waals surface area contributed by atoms with Crippen LogP contribution in [0.1, 0.15) is 20.7 Å². The van der Waals surface area contributed by atoms with Gasteiger partial charge in [0, 0.05) is 0 Å². The van der Waals surface area contributed by atoms with Gasteiger partial charge < -0.3 is 10.2 Å². The van der Waals surface area contributed by atoms with Crippen molar-refractivity contribution in [2.24, 2.45) is 0 Å². The van der Waals surface area contributed by atoms with Gasteiger partial charge in [0.25, 0.3) is 0 Å². The molecule has 0 radical (unpaired) electrons. The van der Waals surface area contributed by atoms with Crippen molar-refractivity contribution in [1.82, 2.24) is 0 Å². The first-order chi connectivity index (χ1) is 5.61. The standard InChI is InChI=1S/C8H6O4.2Li.2H/c9-7(10)5-2-1-3-6(4-5)8(11)12;;;;/h1-4H,(H,9,10)(H,11,12);;;;. The van der Waals surface area contributed by atoms with E-state index < -0.39 is 11.9 Å². The molecule has 0 amide bonds. The van der Waals surface area contributed by atoms with Gasteiger partial charge in [0.2, 0.25) is 0 Å². The van der Waals surface area contributed by atoms with Gasteiger partial charge in [0.15, 0.2) is 0 Å². The number of carboxylic acids is 2. The van der Waals surface area contributed by atoms with Crippen LogP contribution in [0.2, 0.25) is 0 Å². The van der Waals surface area contributed by atoms with Crippen molar-refractivity contribution in [3.8, 4) is 0 Å². The van der Waals surface area contributed by atoms with E-state index in [-0.39, 0.29) is 48.8 Å². The summed E-state index contributed by atoms with van der Waals surface area (Å²) >= 11 is 0. The monoisotopic (exact) mass is 182 g/mol. The van der Waals surface area contributed by atoms with Crippen LogP contribution in [0, 0.1) is 0 Å². The van der Waals surface area contributed by atoms with Gasteiger partial charge in [-0.25, -0.2) is 9.59 Å². The van der Waals surface area contributed by atoms with Crippen molar-refractivity contribution in [3.05, 3.63) is 35.4 Å². The number of rotatable bonds is 2. The van der Waals surface area contributed by atoms with Gasteiger partial charge in [0.1, 0.15) is 0 Å². The average molecular weight is 182 g/mol. The molecule has 66 valence electrons. The number of carbonyl (C=O) groups is 2. The van der Waals surface area contributed by atoms with E-state index in [1.807, 2.05) is 0 Å². The summed E-state index contributed by atoms with van der Waals surface area (Å²) in [4.78, 5) is 20.8. The van der Waals surface area contributed by atoms with E-state index in [1.165, 1.54) is 18.2 Å². The van der Waals surface area contributed by atoms with Gasteiger partial charge in [-0.2, -0.15) is 0 Å².